The van der Waals surface area contributed by atoms with Gasteiger partial charge in [0.05, 0.1) is 5.92 Å². The predicted molar refractivity (Wildman–Crippen MR) is 105 cm³/mol. The van der Waals surface area contributed by atoms with Crippen LogP contribution in [-0.4, -0.2) is 53.8 Å². The maximum absolute atomic E-state index is 13.0. The van der Waals surface area contributed by atoms with Gasteiger partial charge in [-0.15, -0.1) is 0 Å². The average molecular weight is 381 g/mol. The first-order chi connectivity index (χ1) is 13.6. The average Bonchev–Trinajstić information content (AvgIpc) is 3.30. The summed E-state index contributed by atoms with van der Waals surface area (Å²) in [7, 11) is 3.81. The number of benzene rings is 1. The van der Waals surface area contributed by atoms with Crippen LogP contribution < -0.4 is 10.2 Å². The van der Waals surface area contributed by atoms with Crippen LogP contribution >= 0.6 is 0 Å². The Morgan fingerprint density at radius 3 is 2.71 bits per heavy atom. The van der Waals surface area contributed by atoms with Crippen molar-refractivity contribution in [3.05, 3.63) is 41.8 Å². The standard InChI is InChI=1S/C21H27N5O2/c1-25(2)20-23-19(28-24-20)16-10-13-8-9-18(16)26(12-13)21(27)22-17-11-15(17)14-6-4-3-5-7-14/h3-7,13,15-18H,8-12H2,1-2H3,(H,22,27). The Hall–Kier alpha value is -2.57. The summed E-state index contributed by atoms with van der Waals surface area (Å²) in [6, 6.07) is 10.9. The third-order valence-electron chi connectivity index (χ3n) is 6.51. The van der Waals surface area contributed by atoms with Crippen molar-refractivity contribution in [1.29, 1.82) is 0 Å². The summed E-state index contributed by atoms with van der Waals surface area (Å²) in [6.45, 7) is 0.838. The zero-order valence-electron chi connectivity index (χ0n) is 16.4. The van der Waals surface area contributed by atoms with Gasteiger partial charge in [0.15, 0.2) is 0 Å². The number of carbonyl (C=O) groups excluding carboxylic acids is 1. The summed E-state index contributed by atoms with van der Waals surface area (Å²) in [5.41, 5.74) is 1.31. The molecule has 2 saturated carbocycles. The minimum absolute atomic E-state index is 0.0650. The molecule has 6 rings (SSSR count). The van der Waals surface area contributed by atoms with Crippen LogP contribution in [0.15, 0.2) is 34.9 Å². The number of piperidine rings is 2. The molecule has 148 valence electrons. The van der Waals surface area contributed by atoms with Crippen LogP contribution in [0.25, 0.3) is 0 Å². The molecule has 7 nitrogen and oxygen atoms in total. The number of rotatable bonds is 4. The molecule has 28 heavy (non-hydrogen) atoms. The Morgan fingerprint density at radius 2 is 2.00 bits per heavy atom. The van der Waals surface area contributed by atoms with Crippen LogP contribution in [0.3, 0.4) is 0 Å². The van der Waals surface area contributed by atoms with E-state index in [1.165, 1.54) is 12.0 Å². The van der Waals surface area contributed by atoms with Crippen LogP contribution in [0.2, 0.25) is 0 Å². The highest BCUT2D eigenvalue weighted by Crippen LogP contribution is 2.45. The van der Waals surface area contributed by atoms with E-state index in [0.29, 0.717) is 23.7 Å². The lowest BCUT2D eigenvalue weighted by atomic mass is 9.72. The van der Waals surface area contributed by atoms with E-state index in [4.69, 9.17) is 4.52 Å². The summed E-state index contributed by atoms with van der Waals surface area (Å²) >= 11 is 0. The molecule has 2 bridgehead atoms. The van der Waals surface area contributed by atoms with Gasteiger partial charge in [0.2, 0.25) is 5.89 Å². The van der Waals surface area contributed by atoms with Gasteiger partial charge in [-0.2, -0.15) is 4.98 Å². The van der Waals surface area contributed by atoms with Crippen LogP contribution in [0.4, 0.5) is 10.7 Å². The number of urea groups is 1. The highest BCUT2D eigenvalue weighted by molar-refractivity contribution is 5.76. The monoisotopic (exact) mass is 381 g/mol. The minimum atomic E-state index is 0.0650. The summed E-state index contributed by atoms with van der Waals surface area (Å²) in [6.07, 6.45) is 4.24. The Balaban J connectivity index is 1.27. The molecule has 2 aromatic rings. The van der Waals surface area contributed by atoms with E-state index in [2.05, 4.69) is 39.7 Å². The number of hydrogen-bond donors (Lipinski definition) is 1. The number of hydrogen-bond acceptors (Lipinski definition) is 5. The topological polar surface area (TPSA) is 74.5 Å². The fourth-order valence-corrected chi connectivity index (χ4v) is 4.92. The molecule has 3 heterocycles. The highest BCUT2D eigenvalue weighted by atomic mass is 16.5. The molecule has 1 aromatic carbocycles. The van der Waals surface area contributed by atoms with Crippen LogP contribution in [0, 0.1) is 5.92 Å². The Kier molecular flexibility index (Phi) is 4.25. The van der Waals surface area contributed by atoms with Crippen molar-refractivity contribution in [2.24, 2.45) is 5.92 Å². The molecule has 7 heteroatoms. The molecule has 1 aromatic heterocycles. The van der Waals surface area contributed by atoms with E-state index in [9.17, 15) is 4.79 Å². The summed E-state index contributed by atoms with van der Waals surface area (Å²) in [4.78, 5) is 21.5. The van der Waals surface area contributed by atoms with E-state index in [0.717, 1.165) is 25.8 Å². The SMILES string of the molecule is CN(C)c1noc(C2CC3CCC2N(C(=O)NC2CC2c2ccccc2)C3)n1. The van der Waals surface area contributed by atoms with Gasteiger partial charge < -0.3 is 19.6 Å². The van der Waals surface area contributed by atoms with Crippen molar-refractivity contribution in [2.75, 3.05) is 25.5 Å². The first kappa shape index (κ1) is 17.5. The van der Waals surface area contributed by atoms with E-state index in [1.807, 2.05) is 30.0 Å². The van der Waals surface area contributed by atoms with Crippen LogP contribution in [-0.2, 0) is 0 Å². The Morgan fingerprint density at radius 1 is 1.18 bits per heavy atom. The van der Waals surface area contributed by atoms with Crippen LogP contribution in [0.1, 0.15) is 49.0 Å². The molecular weight excluding hydrogens is 354 g/mol. The molecule has 4 fully saturated rings. The molecule has 5 unspecified atom stereocenters. The second-order valence-corrected chi connectivity index (χ2v) is 8.64. The fourth-order valence-electron chi connectivity index (χ4n) is 4.92. The van der Waals surface area contributed by atoms with Crippen molar-refractivity contribution in [3.63, 3.8) is 0 Å². The van der Waals surface area contributed by atoms with Crippen LogP contribution in [0.5, 0.6) is 0 Å². The van der Waals surface area contributed by atoms with E-state index >= 15 is 0 Å². The second-order valence-electron chi connectivity index (χ2n) is 8.64. The van der Waals surface area contributed by atoms with Gasteiger partial charge >= 0.3 is 6.03 Å². The molecule has 5 atom stereocenters. The molecule has 2 saturated heterocycles. The molecule has 2 amide bonds. The molecule has 4 aliphatic rings. The molecule has 0 radical (unpaired) electrons. The molecule has 1 N–H and O–H groups in total. The quantitative estimate of drug-likeness (QED) is 0.881. The predicted octanol–water partition coefficient (Wildman–Crippen LogP) is 2.97. The van der Waals surface area contributed by atoms with E-state index in [-0.39, 0.29) is 24.0 Å². The summed E-state index contributed by atoms with van der Waals surface area (Å²) < 4.78 is 5.55. The molecular formula is C21H27N5O2. The summed E-state index contributed by atoms with van der Waals surface area (Å²) in [5, 5.41) is 7.33. The second kappa shape index (κ2) is 6.79. The largest absolute Gasteiger partial charge is 0.344 e. The third kappa shape index (κ3) is 3.12. The molecule has 2 aliphatic heterocycles. The normalized spacial score (nSPS) is 30.9. The highest BCUT2D eigenvalue weighted by Gasteiger charge is 2.47. The first-order valence-corrected chi connectivity index (χ1v) is 10.2. The lowest BCUT2D eigenvalue weighted by Gasteiger charge is -2.48. The minimum Gasteiger partial charge on any atom is -0.344 e. The Labute approximate surface area is 165 Å². The van der Waals surface area contributed by atoms with E-state index < -0.39 is 0 Å². The lowest BCUT2D eigenvalue weighted by Crippen LogP contribution is -2.57. The number of amides is 2. The Bertz CT molecular complexity index is 851. The number of aromatic nitrogens is 2. The van der Waals surface area contributed by atoms with Crippen molar-refractivity contribution < 1.29 is 9.32 Å². The molecule has 0 spiro atoms. The van der Waals surface area contributed by atoms with Gasteiger partial charge in [-0.05, 0) is 42.3 Å². The van der Waals surface area contributed by atoms with Gasteiger partial charge in [-0.3, -0.25) is 0 Å². The lowest BCUT2D eigenvalue weighted by molar-refractivity contribution is 0.0463. The van der Waals surface area contributed by atoms with Gasteiger partial charge in [0.1, 0.15) is 0 Å². The molecule has 2 aliphatic carbocycles. The third-order valence-corrected chi connectivity index (χ3v) is 6.51. The van der Waals surface area contributed by atoms with Gasteiger partial charge in [0.25, 0.3) is 5.95 Å². The fraction of sp³-hybridized carbons (Fsp3) is 0.571. The van der Waals surface area contributed by atoms with Crippen molar-refractivity contribution in [3.8, 4) is 0 Å². The maximum atomic E-state index is 13.0. The van der Waals surface area contributed by atoms with E-state index in [1.54, 1.807) is 0 Å². The zero-order valence-corrected chi connectivity index (χ0v) is 16.4. The number of nitrogens with zero attached hydrogens (tertiary/aromatic N) is 4. The number of fused-ring (bicyclic) bond motifs is 3. The van der Waals surface area contributed by atoms with Crippen molar-refractivity contribution in [1.82, 2.24) is 20.4 Å². The number of anilines is 1. The first-order valence-electron chi connectivity index (χ1n) is 10.2. The smallest absolute Gasteiger partial charge is 0.317 e. The van der Waals surface area contributed by atoms with Crippen molar-refractivity contribution >= 4 is 12.0 Å². The summed E-state index contributed by atoms with van der Waals surface area (Å²) in [5.74, 6) is 2.37. The number of carbonyl (C=O) groups is 1. The van der Waals surface area contributed by atoms with Gasteiger partial charge in [-0.1, -0.05) is 30.3 Å². The van der Waals surface area contributed by atoms with Crippen molar-refractivity contribution in [2.45, 2.75) is 49.6 Å². The van der Waals surface area contributed by atoms with Gasteiger partial charge in [0, 0.05) is 38.6 Å². The number of nitrogens with one attached hydrogen (secondary N) is 1. The zero-order chi connectivity index (χ0) is 19.3. The van der Waals surface area contributed by atoms with Gasteiger partial charge in [-0.25, -0.2) is 4.79 Å². The maximum Gasteiger partial charge on any atom is 0.317 e.